The minimum Gasteiger partial charge on any atom is -0.327 e. The first-order valence-electron chi connectivity index (χ1n) is 7.64. The molecule has 0 atom stereocenters. The van der Waals surface area contributed by atoms with Crippen molar-refractivity contribution in [1.29, 1.82) is 0 Å². The third kappa shape index (κ3) is 1.81. The van der Waals surface area contributed by atoms with Gasteiger partial charge in [-0.05, 0) is 68.4 Å². The lowest BCUT2D eigenvalue weighted by atomic mass is 9.49. The van der Waals surface area contributed by atoms with Crippen molar-refractivity contribution < 1.29 is 4.79 Å². The lowest BCUT2D eigenvalue weighted by molar-refractivity contribution is -0.140. The molecule has 1 amide bonds. The molecule has 4 saturated carbocycles. The van der Waals surface area contributed by atoms with Gasteiger partial charge in [-0.15, -0.1) is 0 Å². The molecular formula is C16H20N2O2. The third-order valence-electron chi connectivity index (χ3n) is 5.59. The second-order valence-corrected chi connectivity index (χ2v) is 7.06. The molecule has 1 aromatic heterocycles. The molecule has 0 spiro atoms. The number of rotatable bonds is 2. The van der Waals surface area contributed by atoms with Gasteiger partial charge in [0.25, 0.3) is 5.56 Å². The van der Waals surface area contributed by atoms with Gasteiger partial charge in [0.15, 0.2) is 0 Å². The highest BCUT2D eigenvalue weighted by Crippen LogP contribution is 2.60. The zero-order valence-electron chi connectivity index (χ0n) is 11.5. The lowest BCUT2D eigenvalue weighted by Crippen LogP contribution is -2.52. The fourth-order valence-corrected chi connectivity index (χ4v) is 5.16. The van der Waals surface area contributed by atoms with Crippen molar-refractivity contribution in [2.24, 2.45) is 23.2 Å². The molecule has 4 heteroatoms. The van der Waals surface area contributed by atoms with Crippen LogP contribution in [0.2, 0.25) is 0 Å². The highest BCUT2D eigenvalue weighted by atomic mass is 16.2. The van der Waals surface area contributed by atoms with Crippen LogP contribution in [-0.4, -0.2) is 10.9 Å². The number of anilines is 1. The van der Waals surface area contributed by atoms with Gasteiger partial charge in [0.2, 0.25) is 5.91 Å². The van der Waals surface area contributed by atoms with Crippen LogP contribution in [0.5, 0.6) is 0 Å². The highest BCUT2D eigenvalue weighted by molar-refractivity contribution is 5.95. The van der Waals surface area contributed by atoms with Crippen LogP contribution >= 0.6 is 0 Å². The molecule has 20 heavy (non-hydrogen) atoms. The average Bonchev–Trinajstić information content (AvgIpc) is 2.40. The van der Waals surface area contributed by atoms with Gasteiger partial charge in [-0.3, -0.25) is 9.59 Å². The molecule has 0 unspecified atom stereocenters. The van der Waals surface area contributed by atoms with Crippen LogP contribution in [-0.2, 0) is 4.79 Å². The van der Waals surface area contributed by atoms with Crippen LogP contribution in [0.25, 0.3) is 0 Å². The molecule has 0 radical (unpaired) electrons. The fraction of sp³-hybridized carbons (Fsp3) is 0.625. The Bertz CT molecular complexity index is 569. The normalized spacial score (nSPS) is 37.9. The summed E-state index contributed by atoms with van der Waals surface area (Å²) in [6.07, 6.45) is 8.61. The average molecular weight is 272 g/mol. The molecule has 1 aromatic rings. The highest BCUT2D eigenvalue weighted by Gasteiger charge is 2.54. The van der Waals surface area contributed by atoms with E-state index in [4.69, 9.17) is 0 Å². The number of amides is 1. The molecule has 4 aliphatic carbocycles. The molecule has 4 aliphatic rings. The van der Waals surface area contributed by atoms with Crippen LogP contribution < -0.4 is 10.9 Å². The molecule has 0 aliphatic heterocycles. The second-order valence-electron chi connectivity index (χ2n) is 7.06. The van der Waals surface area contributed by atoms with Crippen molar-refractivity contribution in [3.63, 3.8) is 0 Å². The van der Waals surface area contributed by atoms with Crippen molar-refractivity contribution in [2.75, 3.05) is 5.32 Å². The Kier molecular flexibility index (Phi) is 2.56. The van der Waals surface area contributed by atoms with Gasteiger partial charge in [0.05, 0.1) is 5.41 Å². The summed E-state index contributed by atoms with van der Waals surface area (Å²) in [4.78, 5) is 27.1. The van der Waals surface area contributed by atoms with E-state index in [1.165, 1.54) is 19.3 Å². The Morgan fingerprint density at radius 1 is 1.15 bits per heavy atom. The van der Waals surface area contributed by atoms with E-state index in [2.05, 4.69) is 10.3 Å². The van der Waals surface area contributed by atoms with Crippen LogP contribution in [0.4, 0.5) is 5.69 Å². The maximum atomic E-state index is 12.8. The van der Waals surface area contributed by atoms with Gasteiger partial charge in [0, 0.05) is 6.20 Å². The summed E-state index contributed by atoms with van der Waals surface area (Å²) in [5.74, 6) is 2.29. The summed E-state index contributed by atoms with van der Waals surface area (Å²) >= 11 is 0. The molecular weight excluding hydrogens is 252 g/mol. The van der Waals surface area contributed by atoms with Gasteiger partial charge >= 0.3 is 0 Å². The summed E-state index contributed by atoms with van der Waals surface area (Å²) in [5.41, 5.74) is -0.0318. The second kappa shape index (κ2) is 4.21. The number of aromatic nitrogens is 1. The summed E-state index contributed by atoms with van der Waals surface area (Å²) in [6.45, 7) is 0. The first kappa shape index (κ1) is 12.2. The molecule has 4 nitrogen and oxygen atoms in total. The molecule has 106 valence electrons. The zero-order valence-corrected chi connectivity index (χ0v) is 11.5. The third-order valence-corrected chi connectivity index (χ3v) is 5.59. The number of aromatic amines is 1. The quantitative estimate of drug-likeness (QED) is 0.869. The first-order valence-corrected chi connectivity index (χ1v) is 7.64. The maximum absolute atomic E-state index is 12.8. The van der Waals surface area contributed by atoms with Gasteiger partial charge < -0.3 is 10.3 Å². The largest absolute Gasteiger partial charge is 0.327 e. The van der Waals surface area contributed by atoms with Crippen molar-refractivity contribution in [1.82, 2.24) is 4.98 Å². The fourth-order valence-electron chi connectivity index (χ4n) is 5.16. The Hall–Kier alpha value is -1.58. The smallest absolute Gasteiger partial charge is 0.271 e. The lowest BCUT2D eigenvalue weighted by Gasteiger charge is -2.55. The van der Waals surface area contributed by atoms with Crippen LogP contribution in [0.3, 0.4) is 0 Å². The summed E-state index contributed by atoms with van der Waals surface area (Å²) in [5, 5.41) is 2.88. The van der Waals surface area contributed by atoms with Gasteiger partial charge in [-0.25, -0.2) is 0 Å². The van der Waals surface area contributed by atoms with E-state index < -0.39 is 0 Å². The van der Waals surface area contributed by atoms with E-state index in [0.29, 0.717) is 5.69 Å². The Morgan fingerprint density at radius 3 is 2.30 bits per heavy atom. The van der Waals surface area contributed by atoms with E-state index in [1.807, 2.05) is 0 Å². The molecule has 4 fully saturated rings. The Balaban J connectivity index is 1.60. The maximum Gasteiger partial charge on any atom is 0.271 e. The van der Waals surface area contributed by atoms with E-state index >= 15 is 0 Å². The molecule has 4 bridgehead atoms. The minimum atomic E-state index is -0.217. The number of hydrogen-bond donors (Lipinski definition) is 2. The zero-order chi connectivity index (χ0) is 13.7. The predicted molar refractivity (Wildman–Crippen MR) is 76.3 cm³/mol. The van der Waals surface area contributed by atoms with E-state index in [0.717, 1.165) is 37.0 Å². The predicted octanol–water partition coefficient (Wildman–Crippen LogP) is 2.53. The Labute approximate surface area is 118 Å². The van der Waals surface area contributed by atoms with E-state index in [9.17, 15) is 9.59 Å². The number of nitrogens with one attached hydrogen (secondary N) is 2. The van der Waals surface area contributed by atoms with Gasteiger partial charge in [0.1, 0.15) is 5.69 Å². The SMILES string of the molecule is O=C(Nc1ccc[nH]c1=O)C12CC3CC(CC(C3)C1)C2. The standard InChI is InChI=1S/C16H20N2O2/c19-14-13(2-1-3-17-14)18-15(20)16-7-10-4-11(8-16)6-12(5-10)9-16/h1-3,10-12H,4-9H2,(H,17,19)(H,18,20). The summed E-state index contributed by atoms with van der Waals surface area (Å²) < 4.78 is 0. The number of carbonyl (C=O) groups excluding carboxylic acids is 1. The summed E-state index contributed by atoms with van der Waals surface area (Å²) in [6, 6.07) is 3.42. The van der Waals surface area contributed by atoms with Crippen molar-refractivity contribution in [3.05, 3.63) is 28.7 Å². The molecule has 1 heterocycles. The van der Waals surface area contributed by atoms with Crippen LogP contribution in [0.1, 0.15) is 38.5 Å². The molecule has 0 saturated heterocycles. The van der Waals surface area contributed by atoms with Crippen molar-refractivity contribution in [2.45, 2.75) is 38.5 Å². The topological polar surface area (TPSA) is 62.0 Å². The van der Waals surface area contributed by atoms with Crippen molar-refractivity contribution in [3.8, 4) is 0 Å². The number of hydrogen-bond acceptors (Lipinski definition) is 2. The monoisotopic (exact) mass is 272 g/mol. The van der Waals surface area contributed by atoms with Gasteiger partial charge in [-0.2, -0.15) is 0 Å². The Morgan fingerprint density at radius 2 is 1.75 bits per heavy atom. The number of pyridine rings is 1. The van der Waals surface area contributed by atoms with E-state index in [1.54, 1.807) is 18.3 Å². The van der Waals surface area contributed by atoms with Crippen LogP contribution in [0, 0.1) is 23.2 Å². The number of H-pyrrole nitrogens is 1. The minimum absolute atomic E-state index is 0.0771. The van der Waals surface area contributed by atoms with Gasteiger partial charge in [-0.1, -0.05) is 0 Å². The molecule has 0 aromatic carbocycles. The number of carbonyl (C=O) groups is 1. The molecule has 2 N–H and O–H groups in total. The van der Waals surface area contributed by atoms with Crippen LogP contribution in [0.15, 0.2) is 23.1 Å². The summed E-state index contributed by atoms with van der Waals surface area (Å²) in [7, 11) is 0. The molecule has 5 rings (SSSR count). The van der Waals surface area contributed by atoms with E-state index in [-0.39, 0.29) is 16.9 Å². The first-order chi connectivity index (χ1) is 9.64. The van der Waals surface area contributed by atoms with Crippen molar-refractivity contribution >= 4 is 11.6 Å².